The predicted octanol–water partition coefficient (Wildman–Crippen LogP) is 3.24. The molecule has 52 heavy (non-hydrogen) atoms. The van der Waals surface area contributed by atoms with Gasteiger partial charge in [0.25, 0.3) is 11.9 Å². The van der Waals surface area contributed by atoms with Crippen LogP contribution >= 0.6 is 0 Å². The summed E-state index contributed by atoms with van der Waals surface area (Å²) in [5.74, 6) is -0.742. The van der Waals surface area contributed by atoms with Gasteiger partial charge in [0.05, 0.1) is 28.6 Å². The molecule has 0 radical (unpaired) electrons. The van der Waals surface area contributed by atoms with Gasteiger partial charge in [0.15, 0.2) is 6.10 Å². The first-order chi connectivity index (χ1) is 24.8. The molecule has 2 aliphatic rings. The number of ether oxygens (including phenoxy) is 3. The number of rotatable bonds is 5. The number of nitrogens with zero attached hydrogens (tertiary/aromatic N) is 4. The molecule has 2 bridgehead atoms. The van der Waals surface area contributed by atoms with Crippen molar-refractivity contribution in [2.24, 2.45) is 37.5 Å². The van der Waals surface area contributed by atoms with Crippen molar-refractivity contribution >= 4 is 29.6 Å². The van der Waals surface area contributed by atoms with E-state index >= 15 is 0 Å². The van der Waals surface area contributed by atoms with Crippen molar-refractivity contribution in [2.45, 2.75) is 71.5 Å². The van der Waals surface area contributed by atoms with Crippen LogP contribution in [0, 0.1) is 11.8 Å². The van der Waals surface area contributed by atoms with Crippen LogP contribution in [0.3, 0.4) is 0 Å². The number of phenolic OH excluding ortho intramolecular Hbond substituents is 1. The third-order valence-electron chi connectivity index (χ3n) is 8.95. The molecule has 0 spiro atoms. The third-order valence-corrected chi connectivity index (χ3v) is 8.95. The normalized spacial score (nSPS) is 27.9. The van der Waals surface area contributed by atoms with Gasteiger partial charge in [-0.1, -0.05) is 68.5 Å². The summed E-state index contributed by atoms with van der Waals surface area (Å²) in [6, 6.07) is 11.4. The number of aromatic hydroxyl groups is 1. The maximum atomic E-state index is 13.4. The van der Waals surface area contributed by atoms with Crippen molar-refractivity contribution in [3.8, 4) is 5.75 Å². The van der Waals surface area contributed by atoms with Crippen LogP contribution in [0.2, 0.25) is 0 Å². The molecule has 278 valence electrons. The Balaban J connectivity index is 1.77. The molecule has 2 aliphatic heterocycles. The van der Waals surface area contributed by atoms with Gasteiger partial charge >= 0.3 is 6.09 Å². The van der Waals surface area contributed by atoms with Crippen LogP contribution < -0.4 is 27.1 Å². The van der Waals surface area contributed by atoms with Gasteiger partial charge in [-0.2, -0.15) is 4.99 Å². The smallest absolute Gasteiger partial charge is 0.405 e. The van der Waals surface area contributed by atoms with Crippen molar-refractivity contribution in [2.75, 3.05) is 26.6 Å². The zero-order valence-corrected chi connectivity index (χ0v) is 30.7. The van der Waals surface area contributed by atoms with Gasteiger partial charge in [0.2, 0.25) is 5.96 Å². The van der Waals surface area contributed by atoms with Gasteiger partial charge in [0, 0.05) is 44.9 Å². The summed E-state index contributed by atoms with van der Waals surface area (Å²) in [4.78, 5) is 43.3. The molecule has 14 heteroatoms. The second-order valence-electron chi connectivity index (χ2n) is 13.0. The molecule has 14 nitrogen and oxygen atoms in total. The number of allylic oxidation sites excluding steroid dienone is 2. The highest BCUT2D eigenvalue weighted by atomic mass is 16.6. The van der Waals surface area contributed by atoms with Gasteiger partial charge in [-0.3, -0.25) is 9.79 Å². The predicted molar refractivity (Wildman–Crippen MR) is 198 cm³/mol. The highest BCUT2D eigenvalue weighted by molar-refractivity contribution is 6.04. The van der Waals surface area contributed by atoms with Crippen molar-refractivity contribution in [1.82, 2.24) is 5.32 Å². The van der Waals surface area contributed by atoms with E-state index in [1.54, 1.807) is 51.3 Å². The lowest BCUT2D eigenvalue weighted by Gasteiger charge is -2.29. The van der Waals surface area contributed by atoms with Crippen LogP contribution in [0.25, 0.3) is 0 Å². The number of carbonyl (C=O) groups excluding carboxylic acids is 2. The van der Waals surface area contributed by atoms with Crippen LogP contribution in [0.15, 0.2) is 91.8 Å². The Kier molecular flexibility index (Phi) is 14.0. The lowest BCUT2D eigenvalue weighted by Crippen LogP contribution is -2.37. The molecule has 0 aliphatic carbocycles. The molecular weight excluding hydrogens is 666 g/mol. The first-order valence-corrected chi connectivity index (χ1v) is 17.0. The highest BCUT2D eigenvalue weighted by Gasteiger charge is 2.30. The van der Waals surface area contributed by atoms with Crippen LogP contribution in [0.4, 0.5) is 10.5 Å². The van der Waals surface area contributed by atoms with E-state index in [0.29, 0.717) is 52.8 Å². The number of hydrogen-bond donors (Lipinski definition) is 5. The molecule has 2 amide bonds. The number of primary amides is 1. The SMILES string of the molecule is CN=C(N=C1N=c2cc3c(O)c(c2=N1)C[C@@H](C)C[C@H](OC)[C@H](O)[C@@H](C)/C=C(\C)[C@H](OC(N)=O)[C@@H](OC)/C=C\C=C(/C)C(=O)N3)NCc1ccccc1. The molecule has 6 N–H and O–H groups in total. The Morgan fingerprint density at radius 3 is 2.52 bits per heavy atom. The molecule has 4 rings (SSSR count). The molecule has 2 aromatic rings. The van der Waals surface area contributed by atoms with E-state index < -0.39 is 42.3 Å². The van der Waals surface area contributed by atoms with E-state index in [9.17, 15) is 19.8 Å². The summed E-state index contributed by atoms with van der Waals surface area (Å²) in [7, 11) is 4.60. The van der Waals surface area contributed by atoms with Crippen LogP contribution in [-0.4, -0.2) is 79.8 Å². The van der Waals surface area contributed by atoms with E-state index in [2.05, 4.69) is 30.6 Å². The minimum atomic E-state index is -0.988. The van der Waals surface area contributed by atoms with Gasteiger partial charge in [-0.05, 0) is 49.8 Å². The minimum Gasteiger partial charge on any atom is -0.505 e. The summed E-state index contributed by atoms with van der Waals surface area (Å²) < 4.78 is 16.8. The summed E-state index contributed by atoms with van der Waals surface area (Å²) in [6.45, 7) is 7.68. The number of aliphatic hydroxyl groups is 1. The Hall–Kier alpha value is -5.18. The number of aliphatic hydroxyl groups excluding tert-OH is 1. The molecule has 0 saturated heterocycles. The number of hydrogen-bond acceptors (Lipinski definition) is 8. The fourth-order valence-corrected chi connectivity index (χ4v) is 6.13. The van der Waals surface area contributed by atoms with Gasteiger partial charge < -0.3 is 40.8 Å². The van der Waals surface area contributed by atoms with Gasteiger partial charge in [-0.15, -0.1) is 0 Å². The number of anilines is 1. The van der Waals surface area contributed by atoms with E-state index in [1.807, 2.05) is 44.2 Å². The zero-order valence-electron chi connectivity index (χ0n) is 30.7. The quantitative estimate of drug-likeness (QED) is 0.134. The number of guanidine groups is 2. The van der Waals surface area contributed by atoms with Crippen molar-refractivity contribution in [3.05, 3.63) is 93.7 Å². The topological polar surface area (TPSA) is 202 Å². The summed E-state index contributed by atoms with van der Waals surface area (Å²) in [6.07, 6.45) is 3.10. The van der Waals surface area contributed by atoms with Crippen LogP contribution in [-0.2, 0) is 32.0 Å². The second-order valence-corrected chi connectivity index (χ2v) is 13.0. The number of nitrogens with one attached hydrogen (secondary N) is 2. The Labute approximate surface area is 303 Å². The molecule has 0 fully saturated rings. The number of methoxy groups -OCH3 is 2. The van der Waals surface area contributed by atoms with E-state index in [0.717, 1.165) is 5.56 Å². The summed E-state index contributed by atoms with van der Waals surface area (Å²) in [5, 5.41) is 29.9. The Morgan fingerprint density at radius 1 is 1.13 bits per heavy atom. The number of carbonyl (C=O) groups is 2. The fourth-order valence-electron chi connectivity index (χ4n) is 6.13. The van der Waals surface area contributed by atoms with E-state index in [-0.39, 0.29) is 23.3 Å². The molecule has 0 aromatic heterocycles. The van der Waals surface area contributed by atoms with Crippen molar-refractivity contribution < 1.29 is 34.0 Å². The average molecular weight is 716 g/mol. The van der Waals surface area contributed by atoms with E-state index in [4.69, 9.17) is 19.9 Å². The van der Waals surface area contributed by atoms with Crippen molar-refractivity contribution in [1.29, 1.82) is 0 Å². The number of phenols is 1. The molecule has 2 heterocycles. The van der Waals surface area contributed by atoms with Gasteiger partial charge in [-0.25, -0.2) is 14.8 Å². The largest absolute Gasteiger partial charge is 0.505 e. The number of benzene rings is 2. The average Bonchev–Trinajstić information content (AvgIpc) is 3.53. The number of nitrogens with two attached hydrogens (primary N) is 1. The highest BCUT2D eigenvalue weighted by Crippen LogP contribution is 2.29. The second kappa shape index (κ2) is 18.4. The van der Waals surface area contributed by atoms with Crippen LogP contribution in [0.5, 0.6) is 5.75 Å². The molecular formula is C38H49N7O7. The molecule has 0 unspecified atom stereocenters. The lowest BCUT2D eigenvalue weighted by molar-refractivity contribution is -0.112. The molecule has 6 atom stereocenters. The summed E-state index contributed by atoms with van der Waals surface area (Å²) in [5.41, 5.74) is 7.98. The minimum absolute atomic E-state index is 0.135. The maximum absolute atomic E-state index is 13.4. The number of amides is 2. The molecule has 0 saturated carbocycles. The van der Waals surface area contributed by atoms with Crippen LogP contribution in [0.1, 0.15) is 45.2 Å². The zero-order chi connectivity index (χ0) is 37.9. The standard InChI is InChI=1S/C38H49N7O7/c1-21-16-26-31-27(43-38(44-31)45-37(40-5)41-20-25-13-9-8-10-14-25)19-28(33(26)47)42-35(48)22(2)12-11-15-29(50-6)34(52-36(39)49)24(4)18-23(3)32(46)30(17-21)51-7/h8-15,18-19,21,23,29-30,32,34,46-47H,16-17,20H2,1-7H3,(H2,39,49)(H,40,41)(H,42,48)/b15-11-,22-12+,24-18+,45-38?/t21-,23+,29+,30+,32-,34+/m1/s1. The first-order valence-electron chi connectivity index (χ1n) is 17.0. The first kappa shape index (κ1) is 39.6. The fraction of sp³-hybridized carbons (Fsp3) is 0.421. The van der Waals surface area contributed by atoms with E-state index in [1.165, 1.54) is 14.2 Å². The Bertz CT molecular complexity index is 1890. The lowest BCUT2D eigenvalue weighted by atomic mass is 9.88. The summed E-state index contributed by atoms with van der Waals surface area (Å²) >= 11 is 0. The van der Waals surface area contributed by atoms with Crippen molar-refractivity contribution in [3.63, 3.8) is 0 Å². The maximum Gasteiger partial charge on any atom is 0.405 e. The third kappa shape index (κ3) is 10.2. The number of aliphatic imine (C=N–C) groups is 2. The monoisotopic (exact) mass is 715 g/mol. The molecule has 2 aromatic carbocycles. The van der Waals surface area contributed by atoms with Gasteiger partial charge in [0.1, 0.15) is 11.9 Å². The number of fused-ring (bicyclic) bond motifs is 4. The Morgan fingerprint density at radius 2 is 1.87 bits per heavy atom.